The van der Waals surface area contributed by atoms with Crippen LogP contribution in [0, 0.1) is 0 Å². The van der Waals surface area contributed by atoms with Crippen molar-refractivity contribution in [2.75, 3.05) is 13.1 Å². The summed E-state index contributed by atoms with van der Waals surface area (Å²) in [4.78, 5) is 18.9. The van der Waals surface area contributed by atoms with E-state index in [4.69, 9.17) is 0 Å². The number of rotatable bonds is 3. The minimum atomic E-state index is 0.154. The first-order valence-electron chi connectivity index (χ1n) is 7.66. The topological polar surface area (TPSA) is 33.2 Å². The van der Waals surface area contributed by atoms with Crippen LogP contribution in [0.3, 0.4) is 0 Å². The van der Waals surface area contributed by atoms with Gasteiger partial charge in [-0.3, -0.25) is 4.79 Å². The molecule has 1 aliphatic rings. The molecular weight excluding hydrogens is 292 g/mol. The lowest BCUT2D eigenvalue weighted by atomic mass is 9.97. The maximum atomic E-state index is 12.5. The third-order valence-electron chi connectivity index (χ3n) is 4.10. The molecule has 1 saturated heterocycles. The van der Waals surface area contributed by atoms with Crippen LogP contribution in [-0.2, 0) is 4.79 Å². The van der Waals surface area contributed by atoms with Gasteiger partial charge in [0.05, 0.1) is 5.01 Å². The van der Waals surface area contributed by atoms with Crippen LogP contribution in [0.1, 0.15) is 36.3 Å². The van der Waals surface area contributed by atoms with Crippen molar-refractivity contribution >= 4 is 23.3 Å². The Labute approximate surface area is 135 Å². The fourth-order valence-electron chi connectivity index (χ4n) is 2.88. The maximum Gasteiger partial charge on any atom is 0.249 e. The van der Waals surface area contributed by atoms with Gasteiger partial charge in [0.1, 0.15) is 0 Å². The van der Waals surface area contributed by atoms with Crippen molar-refractivity contribution in [3.8, 4) is 0 Å². The van der Waals surface area contributed by atoms with E-state index in [-0.39, 0.29) is 5.91 Å². The highest BCUT2D eigenvalue weighted by Crippen LogP contribution is 2.29. The average Bonchev–Trinajstić information content (AvgIpc) is 3.10. The predicted molar refractivity (Wildman–Crippen MR) is 90.8 cm³/mol. The Balaban J connectivity index is 1.61. The van der Waals surface area contributed by atoms with Gasteiger partial charge in [0.2, 0.25) is 5.91 Å². The molecule has 0 saturated carbocycles. The van der Waals surface area contributed by atoms with Crippen molar-refractivity contribution in [3.05, 3.63) is 58.1 Å². The van der Waals surface area contributed by atoms with E-state index in [1.54, 1.807) is 11.3 Å². The summed E-state index contributed by atoms with van der Waals surface area (Å²) in [5, 5.41) is 3.24. The first kappa shape index (κ1) is 15.0. The summed E-state index contributed by atoms with van der Waals surface area (Å²) in [6, 6.07) is 10.0. The van der Waals surface area contributed by atoms with E-state index in [0.717, 1.165) is 37.1 Å². The van der Waals surface area contributed by atoms with Gasteiger partial charge in [-0.15, -0.1) is 11.3 Å². The summed E-state index contributed by atoms with van der Waals surface area (Å²) in [6.07, 6.45) is 5.86. The third-order valence-corrected chi connectivity index (χ3v) is 5.04. The van der Waals surface area contributed by atoms with Gasteiger partial charge in [0, 0.05) is 36.2 Å². The second-order valence-electron chi connectivity index (χ2n) is 5.67. The van der Waals surface area contributed by atoms with Crippen molar-refractivity contribution < 1.29 is 4.79 Å². The zero-order valence-electron chi connectivity index (χ0n) is 12.7. The smallest absolute Gasteiger partial charge is 0.249 e. The Morgan fingerprint density at radius 2 is 2.00 bits per heavy atom. The van der Waals surface area contributed by atoms with E-state index in [1.165, 1.54) is 5.01 Å². The number of carbonyl (C=O) groups is 1. The zero-order valence-corrected chi connectivity index (χ0v) is 13.6. The molecule has 1 aromatic heterocycles. The first-order valence-corrected chi connectivity index (χ1v) is 8.54. The molecule has 1 aliphatic heterocycles. The van der Waals surface area contributed by atoms with E-state index >= 15 is 0 Å². The van der Waals surface area contributed by atoms with Gasteiger partial charge in [-0.1, -0.05) is 30.3 Å². The molecule has 0 aliphatic carbocycles. The molecule has 1 aromatic carbocycles. The van der Waals surface area contributed by atoms with E-state index in [2.05, 4.69) is 4.98 Å². The van der Waals surface area contributed by atoms with E-state index in [9.17, 15) is 4.79 Å². The van der Waals surface area contributed by atoms with Gasteiger partial charge < -0.3 is 4.90 Å². The SMILES string of the molecule is C/C(=C\c1ccccc1)C(=O)N1CCC(c2nccs2)CC1. The number of aromatic nitrogens is 1. The number of nitrogens with zero attached hydrogens (tertiary/aromatic N) is 2. The fraction of sp³-hybridized carbons (Fsp3) is 0.333. The Morgan fingerprint density at radius 1 is 1.27 bits per heavy atom. The second kappa shape index (κ2) is 6.88. The van der Waals surface area contributed by atoms with Crippen LogP contribution < -0.4 is 0 Å². The van der Waals surface area contributed by atoms with Crippen LogP contribution in [0.5, 0.6) is 0 Å². The van der Waals surface area contributed by atoms with Crippen molar-refractivity contribution in [3.63, 3.8) is 0 Å². The highest BCUT2D eigenvalue weighted by molar-refractivity contribution is 7.09. The molecule has 22 heavy (non-hydrogen) atoms. The van der Waals surface area contributed by atoms with Crippen LogP contribution in [0.4, 0.5) is 0 Å². The van der Waals surface area contributed by atoms with Gasteiger partial charge in [-0.2, -0.15) is 0 Å². The highest BCUT2D eigenvalue weighted by atomic mass is 32.1. The van der Waals surface area contributed by atoms with Crippen LogP contribution in [-0.4, -0.2) is 28.9 Å². The van der Waals surface area contributed by atoms with Crippen molar-refractivity contribution in [1.29, 1.82) is 0 Å². The lowest BCUT2D eigenvalue weighted by Crippen LogP contribution is -2.38. The molecule has 0 atom stereocenters. The standard InChI is InChI=1S/C18H20N2OS/c1-14(13-15-5-3-2-4-6-15)18(21)20-10-7-16(8-11-20)17-19-9-12-22-17/h2-6,9,12-13,16H,7-8,10-11H2,1H3/b14-13+. The molecule has 1 amide bonds. The minimum absolute atomic E-state index is 0.154. The van der Waals surface area contributed by atoms with Crippen LogP contribution in [0.2, 0.25) is 0 Å². The first-order chi connectivity index (χ1) is 10.7. The summed E-state index contributed by atoms with van der Waals surface area (Å²) in [5.41, 5.74) is 1.88. The number of carbonyl (C=O) groups excluding carboxylic acids is 1. The summed E-state index contributed by atoms with van der Waals surface area (Å²) in [7, 11) is 0. The fourth-order valence-corrected chi connectivity index (χ4v) is 3.69. The van der Waals surface area contributed by atoms with Crippen LogP contribution in [0.15, 0.2) is 47.5 Å². The maximum absolute atomic E-state index is 12.5. The predicted octanol–water partition coefficient (Wildman–Crippen LogP) is 3.95. The van der Waals surface area contributed by atoms with E-state index < -0.39 is 0 Å². The van der Waals surface area contributed by atoms with Gasteiger partial charge in [0.15, 0.2) is 0 Å². The molecule has 0 N–H and O–H groups in total. The number of piperidine rings is 1. The van der Waals surface area contributed by atoms with Gasteiger partial charge >= 0.3 is 0 Å². The molecule has 0 bridgehead atoms. The van der Waals surface area contributed by atoms with Gasteiger partial charge in [-0.25, -0.2) is 4.98 Å². The Bertz CT molecular complexity index is 641. The lowest BCUT2D eigenvalue weighted by Gasteiger charge is -2.31. The molecule has 2 heterocycles. The Morgan fingerprint density at radius 3 is 2.64 bits per heavy atom. The molecule has 0 spiro atoms. The molecule has 3 rings (SSSR count). The second-order valence-corrected chi connectivity index (χ2v) is 6.60. The molecule has 114 valence electrons. The van der Waals surface area contributed by atoms with Crippen molar-refractivity contribution in [2.24, 2.45) is 0 Å². The average molecular weight is 312 g/mol. The van der Waals surface area contributed by atoms with Crippen molar-refractivity contribution in [1.82, 2.24) is 9.88 Å². The zero-order chi connectivity index (χ0) is 15.4. The van der Waals surface area contributed by atoms with E-state index in [0.29, 0.717) is 5.92 Å². The molecule has 3 nitrogen and oxygen atoms in total. The molecule has 0 radical (unpaired) electrons. The lowest BCUT2D eigenvalue weighted by molar-refractivity contribution is -0.128. The largest absolute Gasteiger partial charge is 0.339 e. The quantitative estimate of drug-likeness (QED) is 0.804. The normalized spacial score (nSPS) is 16.8. The van der Waals surface area contributed by atoms with Gasteiger partial charge in [-0.05, 0) is 31.4 Å². The Hall–Kier alpha value is -1.94. The van der Waals surface area contributed by atoms with Gasteiger partial charge in [0.25, 0.3) is 0 Å². The number of hydrogen-bond acceptors (Lipinski definition) is 3. The number of amides is 1. The monoisotopic (exact) mass is 312 g/mol. The van der Waals surface area contributed by atoms with Crippen LogP contribution in [0.25, 0.3) is 6.08 Å². The van der Waals surface area contributed by atoms with Crippen molar-refractivity contribution in [2.45, 2.75) is 25.7 Å². The minimum Gasteiger partial charge on any atom is -0.339 e. The van der Waals surface area contributed by atoms with Crippen LogP contribution >= 0.6 is 11.3 Å². The summed E-state index contributed by atoms with van der Waals surface area (Å²) in [6.45, 7) is 3.55. The molecule has 4 heteroatoms. The summed E-state index contributed by atoms with van der Waals surface area (Å²) < 4.78 is 0. The number of hydrogen-bond donors (Lipinski definition) is 0. The Kier molecular flexibility index (Phi) is 4.68. The number of benzene rings is 1. The van der Waals surface area contributed by atoms with E-state index in [1.807, 2.05) is 59.8 Å². The molecule has 0 unspecified atom stereocenters. The molecule has 2 aromatic rings. The summed E-state index contributed by atoms with van der Waals surface area (Å²) >= 11 is 1.72. The number of likely N-dealkylation sites (tertiary alicyclic amines) is 1. The third kappa shape index (κ3) is 3.45. The number of thiazole rings is 1. The highest BCUT2D eigenvalue weighted by Gasteiger charge is 2.25. The molecular formula is C18H20N2OS. The summed E-state index contributed by atoms with van der Waals surface area (Å²) in [5.74, 6) is 0.670. The molecule has 1 fully saturated rings.